The summed E-state index contributed by atoms with van der Waals surface area (Å²) in [6, 6.07) is 0.375. The van der Waals surface area contributed by atoms with E-state index in [0.29, 0.717) is 6.04 Å². The molecular formula is C10H21NO3. The maximum absolute atomic E-state index is 10.2. The average molecular weight is 203 g/mol. The molecule has 1 atom stereocenters. The van der Waals surface area contributed by atoms with Crippen molar-refractivity contribution >= 4 is 5.97 Å². The summed E-state index contributed by atoms with van der Waals surface area (Å²) in [6.07, 6.45) is 3.06. The standard InChI is InChI=1S/C10H21NO3/c1-9(8-14-2)11-7-5-3-4-6-10(12)13/h9,11H,3-8H2,1-2H3,(H,12,13). The molecule has 4 nitrogen and oxygen atoms in total. The van der Waals surface area contributed by atoms with Crippen LogP contribution in [0.5, 0.6) is 0 Å². The number of aliphatic carboxylic acids is 1. The van der Waals surface area contributed by atoms with E-state index in [-0.39, 0.29) is 6.42 Å². The van der Waals surface area contributed by atoms with Gasteiger partial charge in [0.15, 0.2) is 0 Å². The second kappa shape index (κ2) is 8.97. The van der Waals surface area contributed by atoms with Gasteiger partial charge in [-0.25, -0.2) is 0 Å². The van der Waals surface area contributed by atoms with Crippen molar-refractivity contribution in [2.75, 3.05) is 20.3 Å². The van der Waals surface area contributed by atoms with E-state index >= 15 is 0 Å². The zero-order chi connectivity index (χ0) is 10.8. The van der Waals surface area contributed by atoms with Gasteiger partial charge in [0, 0.05) is 19.6 Å². The summed E-state index contributed by atoms with van der Waals surface area (Å²) in [5.41, 5.74) is 0. The largest absolute Gasteiger partial charge is 0.481 e. The highest BCUT2D eigenvalue weighted by Gasteiger charge is 1.99. The van der Waals surface area contributed by atoms with Crippen LogP contribution in [0.15, 0.2) is 0 Å². The molecule has 4 heteroatoms. The zero-order valence-corrected chi connectivity index (χ0v) is 9.08. The zero-order valence-electron chi connectivity index (χ0n) is 9.08. The van der Waals surface area contributed by atoms with Gasteiger partial charge in [0.2, 0.25) is 0 Å². The molecule has 0 spiro atoms. The monoisotopic (exact) mass is 203 g/mol. The lowest BCUT2D eigenvalue weighted by Gasteiger charge is -2.11. The van der Waals surface area contributed by atoms with Gasteiger partial charge in [0.05, 0.1) is 6.61 Å². The predicted octanol–water partition coefficient (Wildman–Crippen LogP) is 1.26. The van der Waals surface area contributed by atoms with Crippen molar-refractivity contribution in [3.05, 3.63) is 0 Å². The van der Waals surface area contributed by atoms with E-state index in [9.17, 15) is 4.79 Å². The van der Waals surface area contributed by atoms with E-state index in [2.05, 4.69) is 12.2 Å². The molecular weight excluding hydrogens is 182 g/mol. The molecule has 0 fully saturated rings. The molecule has 0 aromatic heterocycles. The topological polar surface area (TPSA) is 58.6 Å². The van der Waals surface area contributed by atoms with Crippen molar-refractivity contribution in [2.24, 2.45) is 0 Å². The molecule has 14 heavy (non-hydrogen) atoms. The van der Waals surface area contributed by atoms with Crippen molar-refractivity contribution < 1.29 is 14.6 Å². The van der Waals surface area contributed by atoms with Crippen LogP contribution < -0.4 is 5.32 Å². The van der Waals surface area contributed by atoms with Crippen molar-refractivity contribution in [3.8, 4) is 0 Å². The van der Waals surface area contributed by atoms with Gasteiger partial charge in [0.25, 0.3) is 0 Å². The summed E-state index contributed by atoms with van der Waals surface area (Å²) in [5, 5.41) is 11.7. The number of nitrogens with one attached hydrogen (secondary N) is 1. The van der Waals surface area contributed by atoms with Gasteiger partial charge >= 0.3 is 5.97 Å². The van der Waals surface area contributed by atoms with Crippen LogP contribution in [0.25, 0.3) is 0 Å². The lowest BCUT2D eigenvalue weighted by Crippen LogP contribution is -2.30. The highest BCUT2D eigenvalue weighted by Crippen LogP contribution is 1.98. The van der Waals surface area contributed by atoms with Crippen LogP contribution in [-0.4, -0.2) is 37.4 Å². The second-order valence-electron chi connectivity index (χ2n) is 3.51. The molecule has 0 aliphatic heterocycles. The lowest BCUT2D eigenvalue weighted by atomic mass is 10.2. The molecule has 0 aliphatic rings. The summed E-state index contributed by atoms with van der Waals surface area (Å²) in [5.74, 6) is -0.703. The average Bonchev–Trinajstić information content (AvgIpc) is 2.11. The molecule has 0 saturated carbocycles. The number of carboxylic acids is 1. The van der Waals surface area contributed by atoms with E-state index in [1.54, 1.807) is 7.11 Å². The molecule has 0 radical (unpaired) electrons. The highest BCUT2D eigenvalue weighted by atomic mass is 16.5. The Morgan fingerprint density at radius 1 is 1.43 bits per heavy atom. The fourth-order valence-corrected chi connectivity index (χ4v) is 1.24. The minimum Gasteiger partial charge on any atom is -0.481 e. The SMILES string of the molecule is COCC(C)NCCCCCC(=O)O. The number of carboxylic acid groups (broad SMARTS) is 1. The third kappa shape index (κ3) is 9.48. The Morgan fingerprint density at radius 2 is 2.14 bits per heavy atom. The Balaban J connectivity index is 3.09. The van der Waals surface area contributed by atoms with Crippen molar-refractivity contribution in [1.29, 1.82) is 0 Å². The number of unbranched alkanes of at least 4 members (excludes halogenated alkanes) is 2. The molecule has 0 bridgehead atoms. The fraction of sp³-hybridized carbons (Fsp3) is 0.900. The Bertz CT molecular complexity index is 150. The first kappa shape index (κ1) is 13.4. The molecule has 84 valence electrons. The van der Waals surface area contributed by atoms with Crippen LogP contribution in [0.1, 0.15) is 32.6 Å². The van der Waals surface area contributed by atoms with Crippen molar-refractivity contribution in [3.63, 3.8) is 0 Å². The van der Waals surface area contributed by atoms with Gasteiger partial charge in [-0.2, -0.15) is 0 Å². The summed E-state index contributed by atoms with van der Waals surface area (Å²) in [6.45, 7) is 3.72. The molecule has 0 saturated heterocycles. The van der Waals surface area contributed by atoms with Gasteiger partial charge in [-0.15, -0.1) is 0 Å². The fourth-order valence-electron chi connectivity index (χ4n) is 1.24. The Labute approximate surface area is 85.6 Å². The second-order valence-corrected chi connectivity index (χ2v) is 3.51. The maximum Gasteiger partial charge on any atom is 0.303 e. The van der Waals surface area contributed by atoms with Gasteiger partial charge < -0.3 is 15.2 Å². The normalized spacial score (nSPS) is 12.7. The molecule has 2 N–H and O–H groups in total. The van der Waals surface area contributed by atoms with Crippen LogP contribution in [0, 0.1) is 0 Å². The summed E-state index contributed by atoms with van der Waals surface area (Å²) in [4.78, 5) is 10.2. The Kier molecular flexibility index (Phi) is 8.57. The highest BCUT2D eigenvalue weighted by molar-refractivity contribution is 5.66. The smallest absolute Gasteiger partial charge is 0.303 e. The van der Waals surface area contributed by atoms with Crippen LogP contribution in [0.4, 0.5) is 0 Å². The molecule has 0 amide bonds. The quantitative estimate of drug-likeness (QED) is 0.554. The lowest BCUT2D eigenvalue weighted by molar-refractivity contribution is -0.137. The third-order valence-electron chi connectivity index (χ3n) is 1.98. The summed E-state index contributed by atoms with van der Waals surface area (Å²) >= 11 is 0. The molecule has 0 heterocycles. The summed E-state index contributed by atoms with van der Waals surface area (Å²) < 4.78 is 4.97. The van der Waals surface area contributed by atoms with Gasteiger partial charge in [-0.3, -0.25) is 4.79 Å². The molecule has 0 aliphatic carbocycles. The van der Waals surface area contributed by atoms with E-state index < -0.39 is 5.97 Å². The van der Waals surface area contributed by atoms with E-state index in [4.69, 9.17) is 9.84 Å². The number of hydrogen-bond donors (Lipinski definition) is 2. The molecule has 0 rings (SSSR count). The number of ether oxygens (including phenoxy) is 1. The predicted molar refractivity (Wildman–Crippen MR) is 55.4 cm³/mol. The molecule has 1 unspecified atom stereocenters. The number of rotatable bonds is 9. The maximum atomic E-state index is 10.2. The third-order valence-corrected chi connectivity index (χ3v) is 1.98. The number of hydrogen-bond acceptors (Lipinski definition) is 3. The van der Waals surface area contributed by atoms with Crippen molar-refractivity contribution in [2.45, 2.75) is 38.6 Å². The summed E-state index contributed by atoms with van der Waals surface area (Å²) in [7, 11) is 1.69. The number of carbonyl (C=O) groups is 1. The first-order chi connectivity index (χ1) is 6.66. The van der Waals surface area contributed by atoms with Crippen LogP contribution >= 0.6 is 0 Å². The van der Waals surface area contributed by atoms with E-state index in [1.165, 1.54) is 0 Å². The van der Waals surface area contributed by atoms with Crippen molar-refractivity contribution in [1.82, 2.24) is 5.32 Å². The van der Waals surface area contributed by atoms with E-state index in [1.807, 2.05) is 0 Å². The minimum atomic E-state index is -0.703. The molecule has 0 aromatic rings. The number of methoxy groups -OCH3 is 1. The Morgan fingerprint density at radius 3 is 2.71 bits per heavy atom. The van der Waals surface area contributed by atoms with Gasteiger partial charge in [-0.05, 0) is 26.3 Å². The van der Waals surface area contributed by atoms with Crippen LogP contribution in [0.3, 0.4) is 0 Å². The van der Waals surface area contributed by atoms with Gasteiger partial charge in [0.1, 0.15) is 0 Å². The van der Waals surface area contributed by atoms with Crippen LogP contribution in [-0.2, 0) is 9.53 Å². The van der Waals surface area contributed by atoms with E-state index in [0.717, 1.165) is 32.4 Å². The Hall–Kier alpha value is -0.610. The first-order valence-corrected chi connectivity index (χ1v) is 5.11. The van der Waals surface area contributed by atoms with Gasteiger partial charge in [-0.1, -0.05) is 6.42 Å². The van der Waals surface area contributed by atoms with Crippen LogP contribution in [0.2, 0.25) is 0 Å². The molecule has 0 aromatic carbocycles. The minimum absolute atomic E-state index is 0.285. The first-order valence-electron chi connectivity index (χ1n) is 5.11.